The molecule has 0 saturated heterocycles. The Morgan fingerprint density at radius 1 is 1.43 bits per heavy atom. The number of ether oxygens (including phenoxy) is 1. The predicted molar refractivity (Wildman–Crippen MR) is 47.4 cm³/mol. The summed E-state index contributed by atoms with van der Waals surface area (Å²) in [5, 5.41) is 0. The highest BCUT2D eigenvalue weighted by molar-refractivity contribution is 5.86. The third kappa shape index (κ3) is 2.65. The molecule has 0 fully saturated rings. The van der Waals surface area contributed by atoms with Crippen molar-refractivity contribution < 1.29 is 18.3 Å². The molecule has 0 aromatic heterocycles. The zero-order valence-corrected chi connectivity index (χ0v) is 7.46. The second-order valence-corrected chi connectivity index (χ2v) is 2.52. The summed E-state index contributed by atoms with van der Waals surface area (Å²) in [5.74, 6) is -1.96. The number of rotatable bonds is 2. The van der Waals surface area contributed by atoms with E-state index in [1.807, 2.05) is 0 Å². The van der Waals surface area contributed by atoms with E-state index in [-0.39, 0.29) is 5.56 Å². The van der Waals surface area contributed by atoms with Gasteiger partial charge in [-0.25, -0.2) is 13.6 Å². The van der Waals surface area contributed by atoms with Gasteiger partial charge in [0.1, 0.15) is 11.6 Å². The van der Waals surface area contributed by atoms with Gasteiger partial charge >= 0.3 is 5.97 Å². The fourth-order valence-corrected chi connectivity index (χ4v) is 0.863. The van der Waals surface area contributed by atoms with Crippen molar-refractivity contribution in [2.24, 2.45) is 0 Å². The van der Waals surface area contributed by atoms with E-state index in [1.165, 1.54) is 19.3 Å². The summed E-state index contributed by atoms with van der Waals surface area (Å²) < 4.78 is 29.7. The lowest BCUT2D eigenvalue weighted by Crippen LogP contribution is -1.94. The van der Waals surface area contributed by atoms with Gasteiger partial charge in [-0.05, 0) is 18.2 Å². The summed E-state index contributed by atoms with van der Waals surface area (Å²) in [6.07, 6.45) is 2.29. The molecular weight excluding hydrogens is 190 g/mol. The van der Waals surface area contributed by atoms with E-state index in [4.69, 9.17) is 0 Å². The number of hydrogen-bond donors (Lipinski definition) is 0. The lowest BCUT2D eigenvalue weighted by Gasteiger charge is -1.96. The van der Waals surface area contributed by atoms with Gasteiger partial charge in [-0.1, -0.05) is 0 Å². The first-order valence-corrected chi connectivity index (χ1v) is 3.84. The Labute approximate surface area is 79.8 Å². The van der Waals surface area contributed by atoms with Crippen LogP contribution < -0.4 is 0 Å². The molecule has 0 aliphatic rings. The van der Waals surface area contributed by atoms with Crippen LogP contribution in [0.25, 0.3) is 6.08 Å². The van der Waals surface area contributed by atoms with E-state index in [0.29, 0.717) is 0 Å². The Hall–Kier alpha value is -1.71. The smallest absolute Gasteiger partial charge is 0.330 e. The molecule has 0 heterocycles. The minimum Gasteiger partial charge on any atom is -0.466 e. The van der Waals surface area contributed by atoms with Gasteiger partial charge in [0.2, 0.25) is 0 Å². The Kier molecular flexibility index (Phi) is 3.34. The molecule has 0 unspecified atom stereocenters. The van der Waals surface area contributed by atoms with Crippen LogP contribution in [0.5, 0.6) is 0 Å². The quantitative estimate of drug-likeness (QED) is 0.537. The highest BCUT2D eigenvalue weighted by atomic mass is 19.1. The predicted octanol–water partition coefficient (Wildman–Crippen LogP) is 2.15. The lowest BCUT2D eigenvalue weighted by atomic mass is 10.2. The molecular formula is C10H8F2O2. The standard InChI is InChI=1S/C10H8F2O2/c1-14-10(13)5-3-7-2-4-8(11)6-9(7)12/h2-6H,1H3/b5-3-. The molecule has 4 heteroatoms. The maximum atomic E-state index is 13.0. The number of carbonyl (C=O) groups excluding carboxylic acids is 1. The Balaban J connectivity index is 2.87. The largest absolute Gasteiger partial charge is 0.466 e. The van der Waals surface area contributed by atoms with Crippen molar-refractivity contribution in [3.8, 4) is 0 Å². The third-order valence-electron chi connectivity index (χ3n) is 1.56. The monoisotopic (exact) mass is 198 g/mol. The van der Waals surface area contributed by atoms with E-state index in [2.05, 4.69) is 4.74 Å². The third-order valence-corrected chi connectivity index (χ3v) is 1.56. The molecule has 0 bridgehead atoms. The van der Waals surface area contributed by atoms with Crippen LogP contribution in [-0.2, 0) is 9.53 Å². The number of carbonyl (C=O) groups is 1. The number of methoxy groups -OCH3 is 1. The molecule has 0 aliphatic carbocycles. The molecule has 0 spiro atoms. The number of esters is 1. The molecule has 1 aromatic carbocycles. The Bertz CT molecular complexity index is 372. The zero-order chi connectivity index (χ0) is 10.6. The normalized spacial score (nSPS) is 10.5. The molecule has 1 rings (SSSR count). The summed E-state index contributed by atoms with van der Waals surface area (Å²) >= 11 is 0. The fraction of sp³-hybridized carbons (Fsp3) is 0.100. The van der Waals surface area contributed by atoms with Gasteiger partial charge in [-0.2, -0.15) is 0 Å². The van der Waals surface area contributed by atoms with Crippen molar-refractivity contribution in [2.75, 3.05) is 7.11 Å². The first-order chi connectivity index (χ1) is 6.63. The van der Waals surface area contributed by atoms with Crippen molar-refractivity contribution in [2.45, 2.75) is 0 Å². The highest BCUT2D eigenvalue weighted by Crippen LogP contribution is 2.10. The number of hydrogen-bond acceptors (Lipinski definition) is 2. The molecule has 74 valence electrons. The maximum Gasteiger partial charge on any atom is 0.330 e. The number of halogens is 2. The van der Waals surface area contributed by atoms with Gasteiger partial charge < -0.3 is 4.74 Å². The molecule has 1 aromatic rings. The van der Waals surface area contributed by atoms with Crippen LogP contribution in [0.15, 0.2) is 24.3 Å². The van der Waals surface area contributed by atoms with E-state index < -0.39 is 17.6 Å². The van der Waals surface area contributed by atoms with Crippen molar-refractivity contribution >= 4 is 12.0 Å². The zero-order valence-electron chi connectivity index (χ0n) is 7.46. The van der Waals surface area contributed by atoms with Crippen molar-refractivity contribution in [1.82, 2.24) is 0 Å². The topological polar surface area (TPSA) is 26.3 Å². The molecule has 0 aliphatic heterocycles. The summed E-state index contributed by atoms with van der Waals surface area (Å²) in [4.78, 5) is 10.7. The summed E-state index contributed by atoms with van der Waals surface area (Å²) in [7, 11) is 1.22. The van der Waals surface area contributed by atoms with Crippen molar-refractivity contribution in [1.29, 1.82) is 0 Å². The number of benzene rings is 1. The molecule has 0 radical (unpaired) electrons. The van der Waals surface area contributed by atoms with Crippen LogP contribution in [0.4, 0.5) is 8.78 Å². The minimum absolute atomic E-state index is 0.136. The second-order valence-electron chi connectivity index (χ2n) is 2.52. The molecule has 0 N–H and O–H groups in total. The van der Waals surface area contributed by atoms with Gasteiger partial charge in [0.25, 0.3) is 0 Å². The van der Waals surface area contributed by atoms with Gasteiger partial charge in [0.15, 0.2) is 0 Å². The molecule has 0 atom stereocenters. The first kappa shape index (κ1) is 10.4. The molecule has 14 heavy (non-hydrogen) atoms. The lowest BCUT2D eigenvalue weighted by molar-refractivity contribution is -0.134. The van der Waals surface area contributed by atoms with Crippen molar-refractivity contribution in [3.63, 3.8) is 0 Å². The average molecular weight is 198 g/mol. The van der Waals surface area contributed by atoms with E-state index in [0.717, 1.165) is 18.2 Å². The van der Waals surface area contributed by atoms with Gasteiger partial charge in [-0.3, -0.25) is 0 Å². The van der Waals surface area contributed by atoms with E-state index in [1.54, 1.807) is 0 Å². The fourth-order valence-electron chi connectivity index (χ4n) is 0.863. The van der Waals surface area contributed by atoms with Crippen molar-refractivity contribution in [3.05, 3.63) is 41.5 Å². The molecule has 0 saturated carbocycles. The van der Waals surface area contributed by atoms with Gasteiger partial charge in [-0.15, -0.1) is 0 Å². The Morgan fingerprint density at radius 3 is 2.71 bits per heavy atom. The SMILES string of the molecule is COC(=O)/C=C\c1ccc(F)cc1F. The van der Waals surface area contributed by atoms with Crippen LogP contribution in [0.2, 0.25) is 0 Å². The van der Waals surface area contributed by atoms with Gasteiger partial charge in [0.05, 0.1) is 7.11 Å². The van der Waals surface area contributed by atoms with Gasteiger partial charge in [0, 0.05) is 17.7 Å². The van der Waals surface area contributed by atoms with E-state index >= 15 is 0 Å². The van der Waals surface area contributed by atoms with E-state index in [9.17, 15) is 13.6 Å². The highest BCUT2D eigenvalue weighted by Gasteiger charge is 2.00. The average Bonchev–Trinajstić information content (AvgIpc) is 2.16. The Morgan fingerprint density at radius 2 is 2.14 bits per heavy atom. The van der Waals surface area contributed by atoms with Crippen LogP contribution in [0.3, 0.4) is 0 Å². The van der Waals surface area contributed by atoms with Crippen LogP contribution >= 0.6 is 0 Å². The van der Waals surface area contributed by atoms with Crippen LogP contribution in [-0.4, -0.2) is 13.1 Å². The summed E-state index contributed by atoms with van der Waals surface area (Å²) in [6, 6.07) is 3.10. The molecule has 0 amide bonds. The van der Waals surface area contributed by atoms with Crippen LogP contribution in [0.1, 0.15) is 5.56 Å². The second kappa shape index (κ2) is 4.50. The summed E-state index contributed by atoms with van der Waals surface area (Å²) in [6.45, 7) is 0. The van der Waals surface area contributed by atoms with Crippen LogP contribution in [0, 0.1) is 11.6 Å². The molecule has 2 nitrogen and oxygen atoms in total. The summed E-state index contributed by atoms with van der Waals surface area (Å²) in [5.41, 5.74) is 0.136. The first-order valence-electron chi connectivity index (χ1n) is 3.84. The minimum atomic E-state index is -0.717. The maximum absolute atomic E-state index is 13.0.